The number of aryl methyl sites for hydroxylation is 1. The Hall–Kier alpha value is -0.180. The normalized spacial score (nSPS) is 10.8. The van der Waals surface area contributed by atoms with Gasteiger partial charge in [0, 0.05) is 24.3 Å². The maximum Gasteiger partial charge on any atom is 0.264 e. The molecule has 2 heterocycles. The topological polar surface area (TPSA) is 38.1 Å². The summed E-state index contributed by atoms with van der Waals surface area (Å²) in [5.74, 6) is -0.0145. The lowest BCUT2D eigenvalue weighted by Gasteiger charge is -2.14. The van der Waals surface area contributed by atoms with E-state index in [0.29, 0.717) is 11.4 Å². The van der Waals surface area contributed by atoms with Crippen LogP contribution < -0.4 is 0 Å². The van der Waals surface area contributed by atoms with E-state index in [1.165, 1.54) is 11.3 Å². The van der Waals surface area contributed by atoms with Gasteiger partial charge in [0.25, 0.3) is 5.91 Å². The summed E-state index contributed by atoms with van der Waals surface area (Å²) in [4.78, 5) is 14.7. The van der Waals surface area contributed by atoms with Crippen molar-refractivity contribution in [3.8, 4) is 0 Å². The minimum atomic E-state index is -0.0145. The largest absolute Gasteiger partial charge is 0.335 e. The minimum Gasteiger partial charge on any atom is -0.335 e. The standard InChI is InChI=1S/C12H12Br3N3OS/c1-3-18-5-8(14)9(16-18)6-17(2)12(19)10-4-7(13)11(15)20-10/h4-5H,3,6H2,1-2H3. The van der Waals surface area contributed by atoms with Gasteiger partial charge in [0.15, 0.2) is 0 Å². The maximum absolute atomic E-state index is 12.3. The number of halogens is 3. The molecule has 1 amide bonds. The summed E-state index contributed by atoms with van der Waals surface area (Å²) in [6, 6.07) is 1.83. The van der Waals surface area contributed by atoms with Crippen LogP contribution in [0.1, 0.15) is 22.3 Å². The molecular formula is C12H12Br3N3OS. The Morgan fingerprint density at radius 3 is 2.60 bits per heavy atom. The average molecular weight is 486 g/mol. The second-order valence-corrected chi connectivity index (χ2v) is 8.25. The van der Waals surface area contributed by atoms with Crippen LogP contribution in [0.15, 0.2) is 25.0 Å². The molecule has 8 heteroatoms. The molecule has 2 rings (SSSR count). The van der Waals surface area contributed by atoms with Crippen molar-refractivity contribution < 1.29 is 4.79 Å². The van der Waals surface area contributed by atoms with Gasteiger partial charge >= 0.3 is 0 Å². The molecule has 0 saturated carbocycles. The third kappa shape index (κ3) is 3.52. The van der Waals surface area contributed by atoms with Crippen LogP contribution in [0.25, 0.3) is 0 Å². The Morgan fingerprint density at radius 2 is 2.10 bits per heavy atom. The summed E-state index contributed by atoms with van der Waals surface area (Å²) in [6.07, 6.45) is 1.92. The first-order chi connectivity index (χ1) is 9.42. The molecule has 0 fully saturated rings. The Balaban J connectivity index is 2.12. The van der Waals surface area contributed by atoms with Crippen LogP contribution in [0.4, 0.5) is 0 Å². The van der Waals surface area contributed by atoms with Crippen LogP contribution in [0.2, 0.25) is 0 Å². The molecule has 0 unspecified atom stereocenters. The Morgan fingerprint density at radius 1 is 1.40 bits per heavy atom. The molecule has 2 aromatic rings. The molecule has 4 nitrogen and oxygen atoms in total. The van der Waals surface area contributed by atoms with Gasteiger partial charge in [-0.25, -0.2) is 0 Å². The van der Waals surface area contributed by atoms with Crippen molar-refractivity contribution in [3.63, 3.8) is 0 Å². The molecule has 0 aliphatic rings. The third-order valence-electron chi connectivity index (χ3n) is 2.70. The zero-order chi connectivity index (χ0) is 14.9. The van der Waals surface area contributed by atoms with Crippen LogP contribution in [0.5, 0.6) is 0 Å². The van der Waals surface area contributed by atoms with E-state index in [9.17, 15) is 4.79 Å². The van der Waals surface area contributed by atoms with Crippen molar-refractivity contribution in [2.45, 2.75) is 20.0 Å². The lowest BCUT2D eigenvalue weighted by molar-refractivity contribution is 0.0787. The first kappa shape index (κ1) is 16.2. The highest BCUT2D eigenvalue weighted by molar-refractivity contribution is 9.13. The van der Waals surface area contributed by atoms with Gasteiger partial charge < -0.3 is 4.90 Å². The number of rotatable bonds is 4. The van der Waals surface area contributed by atoms with E-state index in [1.54, 1.807) is 11.9 Å². The first-order valence-electron chi connectivity index (χ1n) is 5.84. The molecule has 0 bridgehead atoms. The van der Waals surface area contributed by atoms with E-state index in [1.807, 2.05) is 23.9 Å². The van der Waals surface area contributed by atoms with Gasteiger partial charge in [0.2, 0.25) is 0 Å². The van der Waals surface area contributed by atoms with Crippen molar-refractivity contribution in [2.24, 2.45) is 0 Å². The number of aromatic nitrogens is 2. The molecule has 20 heavy (non-hydrogen) atoms. The molecule has 2 aromatic heterocycles. The van der Waals surface area contributed by atoms with Crippen LogP contribution in [0.3, 0.4) is 0 Å². The van der Waals surface area contributed by atoms with Gasteiger partial charge in [-0.15, -0.1) is 11.3 Å². The van der Waals surface area contributed by atoms with E-state index < -0.39 is 0 Å². The summed E-state index contributed by atoms with van der Waals surface area (Å²) in [5.41, 5.74) is 0.859. The van der Waals surface area contributed by atoms with Gasteiger partial charge in [0.1, 0.15) is 0 Å². The number of nitrogens with zero attached hydrogens (tertiary/aromatic N) is 3. The number of carbonyl (C=O) groups is 1. The molecule has 0 aromatic carbocycles. The van der Waals surface area contributed by atoms with Crippen LogP contribution in [-0.4, -0.2) is 27.6 Å². The van der Waals surface area contributed by atoms with Crippen LogP contribution in [0, 0.1) is 0 Å². The highest BCUT2D eigenvalue weighted by atomic mass is 79.9. The lowest BCUT2D eigenvalue weighted by atomic mass is 10.3. The summed E-state index contributed by atoms with van der Waals surface area (Å²) >= 11 is 11.7. The number of amides is 1. The van der Waals surface area contributed by atoms with E-state index >= 15 is 0 Å². The molecule has 0 aliphatic heterocycles. The SMILES string of the molecule is CCn1cc(Br)c(CN(C)C(=O)c2cc(Br)c(Br)s2)n1. The van der Waals surface area contributed by atoms with Gasteiger partial charge in [-0.05, 0) is 60.8 Å². The van der Waals surface area contributed by atoms with Crippen molar-refractivity contribution in [1.29, 1.82) is 0 Å². The highest BCUT2D eigenvalue weighted by Crippen LogP contribution is 2.33. The van der Waals surface area contributed by atoms with Crippen molar-refractivity contribution in [3.05, 3.63) is 35.6 Å². The summed E-state index contributed by atoms with van der Waals surface area (Å²) in [6.45, 7) is 3.30. The number of hydrogen-bond donors (Lipinski definition) is 0. The van der Waals surface area contributed by atoms with E-state index in [2.05, 4.69) is 52.9 Å². The Kier molecular flexibility index (Phi) is 5.44. The smallest absolute Gasteiger partial charge is 0.264 e. The predicted octanol–water partition coefficient (Wildman–Crippen LogP) is 4.52. The molecule has 0 saturated heterocycles. The van der Waals surface area contributed by atoms with Crippen LogP contribution >= 0.6 is 59.1 Å². The fraction of sp³-hybridized carbons (Fsp3) is 0.333. The van der Waals surface area contributed by atoms with Gasteiger partial charge in [-0.2, -0.15) is 5.10 Å². The molecule has 0 aliphatic carbocycles. The second kappa shape index (κ2) is 6.72. The number of hydrogen-bond acceptors (Lipinski definition) is 3. The average Bonchev–Trinajstić information content (AvgIpc) is 2.93. The Bertz CT molecular complexity index is 618. The zero-order valence-corrected chi connectivity index (χ0v) is 16.4. The zero-order valence-electron chi connectivity index (χ0n) is 10.9. The van der Waals surface area contributed by atoms with E-state index in [4.69, 9.17) is 0 Å². The van der Waals surface area contributed by atoms with E-state index in [-0.39, 0.29) is 5.91 Å². The monoisotopic (exact) mass is 483 g/mol. The Labute approximate surface area is 146 Å². The van der Waals surface area contributed by atoms with Gasteiger partial charge in [-0.1, -0.05) is 0 Å². The minimum absolute atomic E-state index is 0.0145. The van der Waals surface area contributed by atoms with Gasteiger partial charge in [-0.3, -0.25) is 9.48 Å². The molecule has 0 N–H and O–H groups in total. The molecule has 0 spiro atoms. The second-order valence-electron chi connectivity index (χ2n) is 4.17. The molecule has 0 atom stereocenters. The molecular weight excluding hydrogens is 474 g/mol. The number of thiophene rings is 1. The van der Waals surface area contributed by atoms with Crippen LogP contribution in [-0.2, 0) is 13.1 Å². The highest BCUT2D eigenvalue weighted by Gasteiger charge is 2.18. The fourth-order valence-electron chi connectivity index (χ4n) is 1.64. The lowest BCUT2D eigenvalue weighted by Crippen LogP contribution is -2.25. The van der Waals surface area contributed by atoms with Crippen molar-refractivity contribution in [1.82, 2.24) is 14.7 Å². The third-order valence-corrected chi connectivity index (χ3v) is 6.61. The van der Waals surface area contributed by atoms with Crippen molar-refractivity contribution in [2.75, 3.05) is 7.05 Å². The van der Waals surface area contributed by atoms with E-state index in [0.717, 1.165) is 25.0 Å². The maximum atomic E-state index is 12.3. The quantitative estimate of drug-likeness (QED) is 0.638. The van der Waals surface area contributed by atoms with Gasteiger partial charge in [0.05, 0.1) is 25.4 Å². The first-order valence-corrected chi connectivity index (χ1v) is 9.04. The summed E-state index contributed by atoms with van der Waals surface area (Å²) in [7, 11) is 1.78. The van der Waals surface area contributed by atoms with Crippen molar-refractivity contribution >= 4 is 65.0 Å². The fourth-order valence-corrected chi connectivity index (χ4v) is 4.11. The predicted molar refractivity (Wildman–Crippen MR) is 91.1 cm³/mol. The number of carbonyl (C=O) groups excluding carboxylic acids is 1. The molecule has 0 radical (unpaired) electrons. The summed E-state index contributed by atoms with van der Waals surface area (Å²) in [5, 5.41) is 4.43. The molecule has 108 valence electrons. The summed E-state index contributed by atoms with van der Waals surface area (Å²) < 4.78 is 4.59.